The van der Waals surface area contributed by atoms with Gasteiger partial charge in [0.05, 0.1) is 0 Å². The van der Waals surface area contributed by atoms with Gasteiger partial charge in [0, 0.05) is 17.9 Å². The smallest absolute Gasteiger partial charge is 0.131 e. The fourth-order valence-electron chi connectivity index (χ4n) is 3.73. The molecule has 0 radical (unpaired) electrons. The lowest BCUT2D eigenvalue weighted by atomic mass is 9.71. The molecular weight excluding hydrogens is 244 g/mol. The van der Waals surface area contributed by atoms with E-state index < -0.39 is 0 Å². The van der Waals surface area contributed by atoms with Crippen molar-refractivity contribution in [3.8, 4) is 0 Å². The van der Waals surface area contributed by atoms with Gasteiger partial charge in [-0.2, -0.15) is 0 Å². The number of nitrogens with zero attached hydrogens (tertiary/aromatic N) is 1. The van der Waals surface area contributed by atoms with E-state index in [1.54, 1.807) is 6.20 Å². The van der Waals surface area contributed by atoms with Crippen molar-refractivity contribution in [2.45, 2.75) is 57.4 Å². The van der Waals surface area contributed by atoms with Crippen LogP contribution in [-0.4, -0.2) is 11.0 Å². The van der Waals surface area contributed by atoms with Crippen LogP contribution in [0.15, 0.2) is 18.3 Å². The average Bonchev–Trinajstić information content (AvgIpc) is 2.81. The second-order valence-electron chi connectivity index (χ2n) is 5.99. The van der Waals surface area contributed by atoms with Crippen molar-refractivity contribution in [3.05, 3.63) is 23.5 Å². The highest BCUT2D eigenvalue weighted by Crippen LogP contribution is 2.49. The van der Waals surface area contributed by atoms with E-state index in [9.17, 15) is 0 Å². The molecule has 2 aliphatic rings. The topological polar surface area (TPSA) is 24.9 Å². The summed E-state index contributed by atoms with van der Waals surface area (Å²) >= 11 is 5.91. The normalized spacial score (nSPS) is 23.4. The number of aromatic nitrogens is 1. The molecule has 2 nitrogen and oxygen atoms in total. The van der Waals surface area contributed by atoms with Crippen LogP contribution in [0.5, 0.6) is 0 Å². The van der Waals surface area contributed by atoms with Gasteiger partial charge in [0.2, 0.25) is 0 Å². The molecule has 0 aromatic carbocycles. The molecule has 0 aliphatic heterocycles. The van der Waals surface area contributed by atoms with Gasteiger partial charge < -0.3 is 5.32 Å². The Morgan fingerprint density at radius 3 is 2.56 bits per heavy atom. The molecule has 0 saturated heterocycles. The molecule has 3 heteroatoms. The Bertz CT molecular complexity index is 403. The molecule has 98 valence electrons. The van der Waals surface area contributed by atoms with E-state index in [0.29, 0.717) is 16.6 Å². The molecule has 18 heavy (non-hydrogen) atoms. The third kappa shape index (κ3) is 2.64. The van der Waals surface area contributed by atoms with Crippen molar-refractivity contribution >= 4 is 17.3 Å². The largest absolute Gasteiger partial charge is 0.382 e. The predicted molar refractivity (Wildman–Crippen MR) is 76.0 cm³/mol. The fraction of sp³-hybridized carbons (Fsp3) is 0.667. The zero-order valence-electron chi connectivity index (χ0n) is 10.8. The Morgan fingerprint density at radius 1 is 1.17 bits per heavy atom. The van der Waals surface area contributed by atoms with E-state index in [2.05, 4.69) is 10.3 Å². The van der Waals surface area contributed by atoms with Crippen LogP contribution in [0.1, 0.15) is 51.4 Å². The summed E-state index contributed by atoms with van der Waals surface area (Å²) in [5.74, 6) is 0. The summed E-state index contributed by atoms with van der Waals surface area (Å²) in [6, 6.07) is 4.54. The summed E-state index contributed by atoms with van der Waals surface area (Å²) in [6.45, 7) is 0. The number of anilines is 1. The highest BCUT2D eigenvalue weighted by Gasteiger charge is 2.37. The molecular formula is C15H21ClN2. The lowest BCUT2D eigenvalue weighted by Gasteiger charge is -2.37. The first-order valence-corrected chi connectivity index (χ1v) is 7.52. The van der Waals surface area contributed by atoms with Crippen molar-refractivity contribution in [3.63, 3.8) is 0 Å². The number of halogens is 1. The first-order valence-electron chi connectivity index (χ1n) is 7.14. The van der Waals surface area contributed by atoms with Crippen molar-refractivity contribution in [1.29, 1.82) is 0 Å². The number of nitrogens with one attached hydrogen (secondary N) is 1. The van der Waals surface area contributed by atoms with Gasteiger partial charge in [0.1, 0.15) is 5.15 Å². The Labute approximate surface area is 114 Å². The molecule has 1 heterocycles. The van der Waals surface area contributed by atoms with Gasteiger partial charge in [0.25, 0.3) is 0 Å². The maximum Gasteiger partial charge on any atom is 0.131 e. The van der Waals surface area contributed by atoms with Crippen molar-refractivity contribution in [1.82, 2.24) is 4.98 Å². The third-order valence-corrected chi connectivity index (χ3v) is 5.01. The van der Waals surface area contributed by atoms with Crippen molar-refractivity contribution in [2.24, 2.45) is 5.41 Å². The number of rotatable bonds is 2. The number of hydrogen-bond acceptors (Lipinski definition) is 2. The van der Waals surface area contributed by atoms with Gasteiger partial charge in [-0.25, -0.2) is 4.98 Å². The number of pyridine rings is 1. The highest BCUT2D eigenvalue weighted by molar-refractivity contribution is 6.29. The van der Waals surface area contributed by atoms with Gasteiger partial charge in [-0.3, -0.25) is 0 Å². The average molecular weight is 265 g/mol. The molecule has 3 rings (SSSR count). The SMILES string of the molecule is Clc1cc(NC2CCC3(CCCC3)CC2)ccn1. The van der Waals surface area contributed by atoms with Crippen LogP contribution in [0.2, 0.25) is 5.15 Å². The molecule has 2 aliphatic carbocycles. The van der Waals surface area contributed by atoms with E-state index in [4.69, 9.17) is 11.6 Å². The first kappa shape index (κ1) is 12.3. The summed E-state index contributed by atoms with van der Waals surface area (Å²) in [6.07, 6.45) is 13.1. The first-order chi connectivity index (χ1) is 8.76. The van der Waals surface area contributed by atoms with Crippen LogP contribution in [0.25, 0.3) is 0 Å². The van der Waals surface area contributed by atoms with Gasteiger partial charge in [-0.15, -0.1) is 0 Å². The van der Waals surface area contributed by atoms with E-state index in [0.717, 1.165) is 5.69 Å². The molecule has 1 aromatic heterocycles. The third-order valence-electron chi connectivity index (χ3n) is 4.81. The highest BCUT2D eigenvalue weighted by atomic mass is 35.5. The molecule has 0 atom stereocenters. The molecule has 2 fully saturated rings. The van der Waals surface area contributed by atoms with Crippen LogP contribution < -0.4 is 5.32 Å². The zero-order valence-corrected chi connectivity index (χ0v) is 11.5. The van der Waals surface area contributed by atoms with Crippen molar-refractivity contribution < 1.29 is 0 Å². The summed E-state index contributed by atoms with van der Waals surface area (Å²) < 4.78 is 0. The summed E-state index contributed by atoms with van der Waals surface area (Å²) in [5.41, 5.74) is 1.83. The minimum atomic E-state index is 0.572. The second kappa shape index (κ2) is 5.08. The summed E-state index contributed by atoms with van der Waals surface area (Å²) in [4.78, 5) is 4.02. The molecule has 0 amide bonds. The standard InChI is InChI=1S/C15H21ClN2/c16-14-11-13(5-10-17-14)18-12-3-8-15(9-4-12)6-1-2-7-15/h5,10-12H,1-4,6-9H2,(H,17,18). The van der Waals surface area contributed by atoms with E-state index >= 15 is 0 Å². The van der Waals surface area contributed by atoms with E-state index in [1.165, 1.54) is 51.4 Å². The predicted octanol–water partition coefficient (Wildman–Crippen LogP) is 4.65. The van der Waals surface area contributed by atoms with Gasteiger partial charge in [0.15, 0.2) is 0 Å². The zero-order chi connectivity index (χ0) is 12.4. The minimum absolute atomic E-state index is 0.572. The maximum atomic E-state index is 5.91. The van der Waals surface area contributed by atoms with Crippen LogP contribution in [-0.2, 0) is 0 Å². The van der Waals surface area contributed by atoms with Gasteiger partial charge >= 0.3 is 0 Å². The quantitative estimate of drug-likeness (QED) is 0.787. The second-order valence-corrected chi connectivity index (χ2v) is 6.38. The van der Waals surface area contributed by atoms with Crippen LogP contribution in [0.3, 0.4) is 0 Å². The Morgan fingerprint density at radius 2 is 1.89 bits per heavy atom. The fourth-order valence-corrected chi connectivity index (χ4v) is 3.90. The van der Waals surface area contributed by atoms with Crippen molar-refractivity contribution in [2.75, 3.05) is 5.32 Å². The van der Waals surface area contributed by atoms with Crippen LogP contribution >= 0.6 is 11.6 Å². The summed E-state index contributed by atoms with van der Waals surface area (Å²) in [7, 11) is 0. The van der Waals surface area contributed by atoms with Crippen LogP contribution in [0.4, 0.5) is 5.69 Å². The minimum Gasteiger partial charge on any atom is -0.382 e. The van der Waals surface area contributed by atoms with E-state index in [-0.39, 0.29) is 0 Å². The molecule has 1 aromatic rings. The Kier molecular flexibility index (Phi) is 3.47. The summed E-state index contributed by atoms with van der Waals surface area (Å²) in [5, 5.41) is 4.18. The molecule has 0 unspecified atom stereocenters. The maximum absolute atomic E-state index is 5.91. The van der Waals surface area contributed by atoms with Crippen LogP contribution in [0, 0.1) is 5.41 Å². The van der Waals surface area contributed by atoms with Gasteiger partial charge in [-0.05, 0) is 56.1 Å². The molecule has 1 spiro atoms. The monoisotopic (exact) mass is 264 g/mol. The lowest BCUT2D eigenvalue weighted by molar-refractivity contribution is 0.188. The van der Waals surface area contributed by atoms with Gasteiger partial charge in [-0.1, -0.05) is 24.4 Å². The van der Waals surface area contributed by atoms with E-state index in [1.807, 2.05) is 12.1 Å². The molecule has 1 N–H and O–H groups in total. The molecule has 0 bridgehead atoms. The Hall–Kier alpha value is -0.760. The lowest BCUT2D eigenvalue weighted by Crippen LogP contribution is -2.31. The Balaban J connectivity index is 1.57. The number of hydrogen-bond donors (Lipinski definition) is 1. The molecule has 2 saturated carbocycles.